The molecule has 1 aromatic heterocycles. The third-order valence-electron chi connectivity index (χ3n) is 1.61. The minimum Gasteiger partial charge on any atom is -0.142 e. The molecule has 0 nitrogen and oxygen atoms in total. The first-order chi connectivity index (χ1) is 5.70. The van der Waals surface area contributed by atoms with Gasteiger partial charge in [0.1, 0.15) is 0 Å². The Morgan fingerprint density at radius 3 is 3.00 bits per heavy atom. The van der Waals surface area contributed by atoms with E-state index in [-0.39, 0.29) is 0 Å². The maximum atomic E-state index is 6.05. The highest BCUT2D eigenvalue weighted by molar-refractivity contribution is 9.10. The number of fused-ring (bicyclic) bond motifs is 1. The van der Waals surface area contributed by atoms with E-state index in [4.69, 9.17) is 11.6 Å². The van der Waals surface area contributed by atoms with Crippen LogP contribution in [0.25, 0.3) is 10.1 Å². The summed E-state index contributed by atoms with van der Waals surface area (Å²) in [4.78, 5) is 0.818. The van der Waals surface area contributed by atoms with Gasteiger partial charge in [-0.3, -0.25) is 0 Å². The number of hydrogen-bond acceptors (Lipinski definition) is 2. The van der Waals surface area contributed by atoms with Crippen molar-refractivity contribution in [1.82, 2.24) is 0 Å². The minimum absolute atomic E-state index is 0.742. The highest BCUT2D eigenvalue weighted by Gasteiger charge is 2.07. The molecule has 4 heteroatoms. The molecular weight excluding hydrogens is 276 g/mol. The first-order valence-electron chi connectivity index (χ1n) is 3.24. The second-order valence-corrected chi connectivity index (χ2v) is 4.99. The first kappa shape index (κ1) is 8.88. The van der Waals surface area contributed by atoms with E-state index in [1.54, 1.807) is 11.3 Å². The van der Waals surface area contributed by atoms with Crippen LogP contribution >= 0.6 is 51.5 Å². The standard InChI is InChI=1S/C8H4BrClS2/c9-5-3-6(11)7(10)8-4(5)1-2-12-8/h1-3,11H. The van der Waals surface area contributed by atoms with Gasteiger partial charge in [0.15, 0.2) is 0 Å². The van der Waals surface area contributed by atoms with Gasteiger partial charge in [-0.25, -0.2) is 0 Å². The molecule has 0 aliphatic carbocycles. The molecule has 1 aromatic carbocycles. The Morgan fingerprint density at radius 2 is 2.25 bits per heavy atom. The Labute approximate surface area is 93.1 Å². The zero-order valence-electron chi connectivity index (χ0n) is 5.84. The van der Waals surface area contributed by atoms with Gasteiger partial charge in [-0.05, 0) is 17.5 Å². The smallest absolute Gasteiger partial charge is 0.0718 e. The number of halogens is 2. The predicted octanol–water partition coefficient (Wildman–Crippen LogP) is 4.61. The van der Waals surface area contributed by atoms with E-state index < -0.39 is 0 Å². The maximum absolute atomic E-state index is 6.05. The van der Waals surface area contributed by atoms with Crippen LogP contribution in [0.15, 0.2) is 26.9 Å². The van der Waals surface area contributed by atoms with Crippen LogP contribution in [0.3, 0.4) is 0 Å². The summed E-state index contributed by atoms with van der Waals surface area (Å²) in [5, 5.41) is 3.92. The fourth-order valence-corrected chi connectivity index (χ4v) is 3.38. The molecule has 0 saturated heterocycles. The first-order valence-corrected chi connectivity index (χ1v) is 5.74. The minimum atomic E-state index is 0.742. The Morgan fingerprint density at radius 1 is 1.50 bits per heavy atom. The number of thiol groups is 1. The van der Waals surface area contributed by atoms with Crippen molar-refractivity contribution >= 4 is 61.6 Å². The largest absolute Gasteiger partial charge is 0.142 e. The SMILES string of the molecule is Sc1cc(Br)c2ccsc2c1Cl. The quantitative estimate of drug-likeness (QED) is 0.669. The van der Waals surface area contributed by atoms with E-state index in [1.165, 1.54) is 0 Å². The maximum Gasteiger partial charge on any atom is 0.0718 e. The molecule has 1 heterocycles. The summed E-state index contributed by atoms with van der Waals surface area (Å²) >= 11 is 15.4. The van der Waals surface area contributed by atoms with E-state index in [1.807, 2.05) is 17.5 Å². The second-order valence-electron chi connectivity index (χ2n) is 2.35. The molecule has 12 heavy (non-hydrogen) atoms. The van der Waals surface area contributed by atoms with Crippen LogP contribution in [0.1, 0.15) is 0 Å². The van der Waals surface area contributed by atoms with Crippen molar-refractivity contribution < 1.29 is 0 Å². The van der Waals surface area contributed by atoms with Crippen LogP contribution in [0.5, 0.6) is 0 Å². The van der Waals surface area contributed by atoms with Crippen molar-refractivity contribution in [2.75, 3.05) is 0 Å². The van der Waals surface area contributed by atoms with Gasteiger partial charge in [0, 0.05) is 14.8 Å². The molecule has 62 valence electrons. The van der Waals surface area contributed by atoms with Gasteiger partial charge in [0.05, 0.1) is 9.72 Å². The molecular formula is C8H4BrClS2. The Kier molecular flexibility index (Phi) is 2.38. The summed E-state index contributed by atoms with van der Waals surface area (Å²) < 4.78 is 2.14. The van der Waals surface area contributed by atoms with Crippen LogP contribution in [0.2, 0.25) is 5.02 Å². The zero-order valence-corrected chi connectivity index (χ0v) is 9.90. The van der Waals surface area contributed by atoms with Crippen molar-refractivity contribution in [3.05, 3.63) is 27.0 Å². The molecule has 0 amide bonds. The Hall–Kier alpha value is 0.300. The Balaban J connectivity index is 2.97. The number of rotatable bonds is 0. The fourth-order valence-electron chi connectivity index (χ4n) is 1.04. The summed E-state index contributed by atoms with van der Waals surface area (Å²) in [5.74, 6) is 0. The molecule has 2 aromatic rings. The van der Waals surface area contributed by atoms with E-state index in [9.17, 15) is 0 Å². The monoisotopic (exact) mass is 278 g/mol. The lowest BCUT2D eigenvalue weighted by Crippen LogP contribution is -1.72. The molecule has 0 fully saturated rings. The molecule has 0 unspecified atom stereocenters. The zero-order chi connectivity index (χ0) is 8.72. The van der Waals surface area contributed by atoms with Gasteiger partial charge in [-0.2, -0.15) is 0 Å². The number of thiophene rings is 1. The summed E-state index contributed by atoms with van der Waals surface area (Å²) in [6.45, 7) is 0. The lowest BCUT2D eigenvalue weighted by Gasteiger charge is -2.00. The van der Waals surface area contributed by atoms with Gasteiger partial charge in [-0.1, -0.05) is 27.5 Å². The Bertz CT molecular complexity index is 436. The van der Waals surface area contributed by atoms with Crippen molar-refractivity contribution in [2.45, 2.75) is 4.90 Å². The van der Waals surface area contributed by atoms with E-state index in [0.29, 0.717) is 0 Å². The van der Waals surface area contributed by atoms with Gasteiger partial charge in [-0.15, -0.1) is 24.0 Å². The molecule has 2 rings (SSSR count). The van der Waals surface area contributed by atoms with Crippen molar-refractivity contribution in [3.8, 4) is 0 Å². The van der Waals surface area contributed by atoms with E-state index in [2.05, 4.69) is 28.6 Å². The van der Waals surface area contributed by atoms with Crippen molar-refractivity contribution in [1.29, 1.82) is 0 Å². The van der Waals surface area contributed by atoms with Gasteiger partial charge in [0.2, 0.25) is 0 Å². The molecule has 0 saturated carbocycles. The van der Waals surface area contributed by atoms with Crippen LogP contribution < -0.4 is 0 Å². The van der Waals surface area contributed by atoms with Crippen LogP contribution in [-0.4, -0.2) is 0 Å². The molecule has 0 radical (unpaired) electrons. The molecule has 0 N–H and O–H groups in total. The highest BCUT2D eigenvalue weighted by Crippen LogP contribution is 2.38. The predicted molar refractivity (Wildman–Crippen MR) is 61.8 cm³/mol. The lowest BCUT2D eigenvalue weighted by molar-refractivity contribution is 1.52. The molecule has 0 spiro atoms. The average Bonchev–Trinajstić information content (AvgIpc) is 2.48. The summed E-state index contributed by atoms with van der Waals surface area (Å²) in [7, 11) is 0. The normalized spacial score (nSPS) is 10.9. The molecule has 0 aliphatic rings. The lowest BCUT2D eigenvalue weighted by atomic mass is 10.3. The summed E-state index contributed by atoms with van der Waals surface area (Å²) in [5.41, 5.74) is 0. The van der Waals surface area contributed by atoms with Crippen molar-refractivity contribution in [2.24, 2.45) is 0 Å². The summed E-state index contributed by atoms with van der Waals surface area (Å²) in [6.07, 6.45) is 0. The average molecular weight is 280 g/mol. The molecule has 0 aliphatic heterocycles. The van der Waals surface area contributed by atoms with Gasteiger partial charge in [0.25, 0.3) is 0 Å². The second kappa shape index (κ2) is 3.22. The van der Waals surface area contributed by atoms with E-state index in [0.717, 1.165) is 24.5 Å². The molecule has 0 atom stereocenters. The van der Waals surface area contributed by atoms with Gasteiger partial charge < -0.3 is 0 Å². The molecule has 0 bridgehead atoms. The fraction of sp³-hybridized carbons (Fsp3) is 0. The highest BCUT2D eigenvalue weighted by atomic mass is 79.9. The van der Waals surface area contributed by atoms with E-state index >= 15 is 0 Å². The third-order valence-corrected chi connectivity index (χ3v) is 4.19. The van der Waals surface area contributed by atoms with Gasteiger partial charge >= 0.3 is 0 Å². The van der Waals surface area contributed by atoms with Crippen molar-refractivity contribution in [3.63, 3.8) is 0 Å². The van der Waals surface area contributed by atoms with Crippen LogP contribution in [-0.2, 0) is 0 Å². The number of hydrogen-bond donors (Lipinski definition) is 1. The third kappa shape index (κ3) is 1.29. The summed E-state index contributed by atoms with van der Waals surface area (Å²) in [6, 6.07) is 3.96. The topological polar surface area (TPSA) is 0 Å². The number of benzene rings is 1. The van der Waals surface area contributed by atoms with Crippen LogP contribution in [0.4, 0.5) is 0 Å². The van der Waals surface area contributed by atoms with Crippen LogP contribution in [0, 0.1) is 0 Å².